The molecule has 216 valence electrons. The lowest BCUT2D eigenvalue weighted by atomic mass is 9.93. The van der Waals surface area contributed by atoms with Crippen LogP contribution < -0.4 is 14.2 Å². The average Bonchev–Trinajstić information content (AvgIpc) is 3.01. The number of amides is 1. The van der Waals surface area contributed by atoms with Crippen LogP contribution in [0.2, 0.25) is 0 Å². The van der Waals surface area contributed by atoms with Gasteiger partial charge in [0.05, 0.1) is 17.7 Å². The normalized spacial score (nSPS) is 11.4. The number of fused-ring (bicyclic) bond motifs is 2. The molecule has 0 aliphatic heterocycles. The molecule has 0 unspecified atom stereocenters. The number of phenols is 1. The number of hydrogen-bond donors (Lipinski definition) is 2. The van der Waals surface area contributed by atoms with E-state index in [4.69, 9.17) is 9.47 Å². The van der Waals surface area contributed by atoms with Gasteiger partial charge in [-0.2, -0.15) is 0 Å². The molecule has 2 N–H and O–H groups in total. The van der Waals surface area contributed by atoms with Gasteiger partial charge >= 0.3 is 6.09 Å². The zero-order chi connectivity index (χ0) is 29.9. The van der Waals surface area contributed by atoms with Gasteiger partial charge in [0.1, 0.15) is 17.2 Å². The van der Waals surface area contributed by atoms with Crippen molar-refractivity contribution in [3.8, 4) is 28.4 Å². The second kappa shape index (κ2) is 12.0. The summed E-state index contributed by atoms with van der Waals surface area (Å²) in [5, 5.41) is 14.1. The van der Waals surface area contributed by atoms with E-state index in [9.17, 15) is 18.3 Å². The minimum Gasteiger partial charge on any atom is -0.507 e. The monoisotopic (exact) mass is 584 g/mol. The molecule has 8 nitrogen and oxygen atoms in total. The highest BCUT2D eigenvalue weighted by molar-refractivity contribution is 7.92. The summed E-state index contributed by atoms with van der Waals surface area (Å²) in [5.74, 6) is 0.715. The lowest BCUT2D eigenvalue weighted by molar-refractivity contribution is 0.162. The van der Waals surface area contributed by atoms with Crippen molar-refractivity contribution in [3.63, 3.8) is 0 Å². The molecule has 5 aromatic carbocycles. The molecule has 0 atom stereocenters. The maximum absolute atomic E-state index is 13.5. The van der Waals surface area contributed by atoms with E-state index >= 15 is 0 Å². The van der Waals surface area contributed by atoms with Crippen molar-refractivity contribution in [3.05, 3.63) is 91.0 Å². The Morgan fingerprint density at radius 1 is 0.905 bits per heavy atom. The predicted octanol–water partition coefficient (Wildman–Crippen LogP) is 7.41. The number of hydrogen-bond acceptors (Lipinski definition) is 6. The number of sulfonamides is 1. The van der Waals surface area contributed by atoms with Crippen LogP contribution in [0.5, 0.6) is 17.2 Å². The van der Waals surface area contributed by atoms with Crippen molar-refractivity contribution in [2.45, 2.75) is 24.7 Å². The number of anilines is 1. The number of carbonyl (C=O) groups excluding carboxylic acids is 1. The maximum atomic E-state index is 13.5. The molecule has 0 heterocycles. The fourth-order valence-electron chi connectivity index (χ4n) is 4.87. The zero-order valence-electron chi connectivity index (χ0n) is 23.6. The molecule has 1 amide bonds. The van der Waals surface area contributed by atoms with Gasteiger partial charge in [0.25, 0.3) is 10.0 Å². The fraction of sp³-hybridized carbons (Fsp3) is 0.182. The Hall–Kier alpha value is -4.76. The second-order valence-electron chi connectivity index (χ2n) is 9.95. The lowest BCUT2D eigenvalue weighted by Gasteiger charge is -2.21. The topological polar surface area (TPSA) is 105 Å². The van der Waals surface area contributed by atoms with Gasteiger partial charge in [-0.3, -0.25) is 4.72 Å². The van der Waals surface area contributed by atoms with Crippen LogP contribution >= 0.6 is 0 Å². The van der Waals surface area contributed by atoms with Crippen molar-refractivity contribution in [1.29, 1.82) is 0 Å². The Labute approximate surface area is 245 Å². The maximum Gasteiger partial charge on any atom is 0.414 e. The third kappa shape index (κ3) is 5.69. The number of methoxy groups -OCH3 is 1. The summed E-state index contributed by atoms with van der Waals surface area (Å²) < 4.78 is 40.7. The van der Waals surface area contributed by atoms with Crippen LogP contribution in [0, 0.1) is 0 Å². The molecular formula is C33H32N2O6S. The Balaban J connectivity index is 1.69. The van der Waals surface area contributed by atoms with Crippen LogP contribution in [0.4, 0.5) is 10.5 Å². The summed E-state index contributed by atoms with van der Waals surface area (Å²) in [6.07, 6.45) is 1.24. The van der Waals surface area contributed by atoms with Crippen LogP contribution in [-0.2, 0) is 10.0 Å². The van der Waals surface area contributed by atoms with Crippen LogP contribution in [0.3, 0.4) is 0 Å². The van der Waals surface area contributed by atoms with Crippen molar-refractivity contribution < 1.29 is 27.8 Å². The van der Waals surface area contributed by atoms with Crippen LogP contribution in [0.1, 0.15) is 19.8 Å². The molecule has 5 rings (SSSR count). The van der Waals surface area contributed by atoms with E-state index in [0.29, 0.717) is 34.2 Å². The minimum absolute atomic E-state index is 0.0527. The van der Waals surface area contributed by atoms with E-state index in [1.165, 1.54) is 24.1 Å². The van der Waals surface area contributed by atoms with E-state index in [0.717, 1.165) is 23.6 Å². The SMILES string of the molecule is CCCCN(C)C(=O)Oc1ccc2ccccc2c1-c1cc(NS(=O)(=O)c2ccc(OC)cc2)c2ccccc2c1O. The summed E-state index contributed by atoms with van der Waals surface area (Å²) in [5.41, 5.74) is 1.05. The van der Waals surface area contributed by atoms with E-state index in [2.05, 4.69) is 4.72 Å². The molecule has 0 spiro atoms. The molecular weight excluding hydrogens is 552 g/mol. The van der Waals surface area contributed by atoms with Crippen molar-refractivity contribution in [2.75, 3.05) is 25.4 Å². The molecule has 0 fully saturated rings. The molecule has 0 saturated heterocycles. The van der Waals surface area contributed by atoms with Crippen molar-refractivity contribution >= 4 is 43.3 Å². The Bertz CT molecular complexity index is 1870. The fourth-order valence-corrected chi connectivity index (χ4v) is 5.94. The van der Waals surface area contributed by atoms with Crippen LogP contribution in [0.15, 0.2) is 95.9 Å². The number of aromatic hydroxyl groups is 1. The van der Waals surface area contributed by atoms with Gasteiger partial charge in [-0.15, -0.1) is 0 Å². The quantitative estimate of drug-likeness (QED) is 0.175. The van der Waals surface area contributed by atoms with Gasteiger partial charge in [-0.1, -0.05) is 67.9 Å². The first kappa shape index (κ1) is 28.8. The summed E-state index contributed by atoms with van der Waals surface area (Å²) in [4.78, 5) is 14.6. The van der Waals surface area contributed by atoms with Crippen LogP contribution in [0.25, 0.3) is 32.7 Å². The molecule has 9 heteroatoms. The molecule has 0 aliphatic carbocycles. The van der Waals surface area contributed by atoms with Crippen LogP contribution in [-0.4, -0.2) is 45.2 Å². The van der Waals surface area contributed by atoms with E-state index in [1.54, 1.807) is 55.6 Å². The highest BCUT2D eigenvalue weighted by atomic mass is 32.2. The molecule has 0 bridgehead atoms. The minimum atomic E-state index is -4.01. The summed E-state index contributed by atoms with van der Waals surface area (Å²) >= 11 is 0. The number of nitrogens with zero attached hydrogens (tertiary/aromatic N) is 1. The molecule has 0 aliphatic rings. The Morgan fingerprint density at radius 3 is 2.26 bits per heavy atom. The largest absolute Gasteiger partial charge is 0.507 e. The van der Waals surface area contributed by atoms with Gasteiger partial charge < -0.3 is 19.5 Å². The lowest BCUT2D eigenvalue weighted by Crippen LogP contribution is -2.30. The zero-order valence-corrected chi connectivity index (χ0v) is 24.4. The van der Waals surface area contributed by atoms with E-state index in [-0.39, 0.29) is 22.1 Å². The Morgan fingerprint density at radius 2 is 1.57 bits per heavy atom. The van der Waals surface area contributed by atoms with Gasteiger partial charge in [0.2, 0.25) is 0 Å². The molecule has 0 radical (unpaired) electrons. The van der Waals surface area contributed by atoms with Gasteiger partial charge in [-0.25, -0.2) is 13.2 Å². The third-order valence-corrected chi connectivity index (χ3v) is 8.53. The van der Waals surface area contributed by atoms with Gasteiger partial charge in [0.15, 0.2) is 0 Å². The van der Waals surface area contributed by atoms with Crippen molar-refractivity contribution in [1.82, 2.24) is 4.90 Å². The summed E-state index contributed by atoms with van der Waals surface area (Å²) in [6, 6.07) is 25.7. The van der Waals surface area contributed by atoms with Gasteiger partial charge in [-0.05, 0) is 53.6 Å². The summed E-state index contributed by atoms with van der Waals surface area (Å²) in [6.45, 7) is 2.58. The number of nitrogens with one attached hydrogen (secondary N) is 1. The Kier molecular flexibility index (Phi) is 8.22. The molecule has 42 heavy (non-hydrogen) atoms. The smallest absolute Gasteiger partial charge is 0.414 e. The average molecular weight is 585 g/mol. The summed E-state index contributed by atoms with van der Waals surface area (Å²) in [7, 11) is -0.826. The second-order valence-corrected chi connectivity index (χ2v) is 11.6. The highest BCUT2D eigenvalue weighted by Crippen LogP contribution is 2.46. The van der Waals surface area contributed by atoms with Crippen molar-refractivity contribution in [2.24, 2.45) is 0 Å². The van der Waals surface area contributed by atoms with E-state index in [1.807, 2.05) is 37.3 Å². The standard InChI is InChI=1S/C33H32N2O6S/c1-4-5-20-35(2)33(37)41-30-19-14-22-10-6-7-11-25(22)31(30)28-21-29(26-12-8-9-13-27(26)32(28)36)34-42(38,39)24-17-15-23(40-3)16-18-24/h6-19,21,34,36H,4-5,20H2,1-3H3. The predicted molar refractivity (Wildman–Crippen MR) is 166 cm³/mol. The third-order valence-electron chi connectivity index (χ3n) is 7.15. The number of benzene rings is 5. The number of phenolic OH excluding ortho intramolecular Hbond substituents is 1. The first-order chi connectivity index (χ1) is 20.2. The number of ether oxygens (including phenoxy) is 2. The molecule has 0 aromatic heterocycles. The first-order valence-electron chi connectivity index (χ1n) is 13.6. The molecule has 0 saturated carbocycles. The molecule has 5 aromatic rings. The highest BCUT2D eigenvalue weighted by Gasteiger charge is 2.23. The number of rotatable bonds is 9. The van der Waals surface area contributed by atoms with E-state index < -0.39 is 16.1 Å². The first-order valence-corrected chi connectivity index (χ1v) is 15.1. The number of carbonyl (C=O) groups is 1. The van der Waals surface area contributed by atoms with Gasteiger partial charge in [0, 0.05) is 35.5 Å². The number of unbranched alkanes of at least 4 members (excludes halogenated alkanes) is 1.